The van der Waals surface area contributed by atoms with Crippen LogP contribution in [0.1, 0.15) is 29.7 Å². The Balaban J connectivity index is 0.00000192. The van der Waals surface area contributed by atoms with Gasteiger partial charge in [-0.2, -0.15) is 0 Å². The summed E-state index contributed by atoms with van der Waals surface area (Å²) in [5, 5.41) is 6.75. The van der Waals surface area contributed by atoms with Gasteiger partial charge < -0.3 is 10.6 Å². The Bertz CT molecular complexity index is 658. The molecule has 0 saturated carbocycles. The number of halogens is 2. The van der Waals surface area contributed by atoms with E-state index in [-0.39, 0.29) is 30.2 Å². The number of rotatable bonds is 5. The Hall–Kier alpha value is -1.50. The predicted octanol–water partition coefficient (Wildman–Crippen LogP) is 3.38. The number of aromatic nitrogens is 1. The molecule has 1 aliphatic heterocycles. The minimum atomic E-state index is -0.236. The highest BCUT2D eigenvalue weighted by molar-refractivity contribution is 7.15. The van der Waals surface area contributed by atoms with E-state index in [0.717, 1.165) is 29.8 Å². The number of nitrogens with one attached hydrogen (secondary N) is 2. The number of benzene rings is 1. The molecule has 0 aliphatic carbocycles. The number of hydrogen-bond donors (Lipinski definition) is 2. The molecule has 1 amide bonds. The van der Waals surface area contributed by atoms with Crippen molar-refractivity contribution in [2.24, 2.45) is 0 Å². The van der Waals surface area contributed by atoms with Crippen LogP contribution in [0.2, 0.25) is 0 Å². The molecule has 1 saturated heterocycles. The van der Waals surface area contributed by atoms with E-state index in [9.17, 15) is 9.18 Å². The lowest BCUT2D eigenvalue weighted by atomic mass is 10.1. The third-order valence-corrected chi connectivity index (χ3v) is 4.57. The summed E-state index contributed by atoms with van der Waals surface area (Å²) in [4.78, 5) is 17.2. The number of carbonyl (C=O) groups excluding carboxylic acids is 1. The van der Waals surface area contributed by atoms with Crippen LogP contribution < -0.4 is 10.6 Å². The van der Waals surface area contributed by atoms with Crippen molar-refractivity contribution in [3.8, 4) is 0 Å². The molecule has 1 aromatic carbocycles. The van der Waals surface area contributed by atoms with Crippen molar-refractivity contribution in [2.45, 2.75) is 31.7 Å². The fraction of sp³-hybridized carbons (Fsp3) is 0.375. The summed E-state index contributed by atoms with van der Waals surface area (Å²) in [5.74, 6) is -0.245. The summed E-state index contributed by atoms with van der Waals surface area (Å²) < 4.78 is 13.2. The first-order valence-electron chi connectivity index (χ1n) is 7.41. The van der Waals surface area contributed by atoms with Crippen LogP contribution in [0.25, 0.3) is 0 Å². The highest BCUT2D eigenvalue weighted by atomic mass is 35.5. The van der Waals surface area contributed by atoms with E-state index in [0.29, 0.717) is 18.0 Å². The molecule has 3 rings (SSSR count). The molecule has 0 radical (unpaired) electrons. The molecule has 0 bridgehead atoms. The standard InChI is InChI=1S/C16H18FN3OS.ClH/c17-12-4-1-3-11(7-12)8-14-10-19-16(22-14)20-15(21)9-13-5-2-6-18-13;/h1,3-4,7,10,13,18H,2,5-6,8-9H2,(H,19,20,21);1H. The molecular weight excluding hydrogens is 337 g/mol. The van der Waals surface area contributed by atoms with E-state index >= 15 is 0 Å². The van der Waals surface area contributed by atoms with E-state index in [4.69, 9.17) is 0 Å². The molecule has 0 spiro atoms. The largest absolute Gasteiger partial charge is 0.313 e. The minimum absolute atomic E-state index is 0. The van der Waals surface area contributed by atoms with Gasteiger partial charge in [0.1, 0.15) is 5.82 Å². The van der Waals surface area contributed by atoms with Crippen LogP contribution in [0.5, 0.6) is 0 Å². The lowest BCUT2D eigenvalue weighted by Crippen LogP contribution is -2.27. The van der Waals surface area contributed by atoms with Gasteiger partial charge in [0.05, 0.1) is 0 Å². The number of amides is 1. The number of thiazole rings is 1. The maximum atomic E-state index is 13.2. The molecule has 1 fully saturated rings. The van der Waals surface area contributed by atoms with Crippen LogP contribution in [0.3, 0.4) is 0 Å². The molecule has 23 heavy (non-hydrogen) atoms. The van der Waals surface area contributed by atoms with Gasteiger partial charge in [-0.15, -0.1) is 23.7 Å². The lowest BCUT2D eigenvalue weighted by molar-refractivity contribution is -0.116. The first-order valence-corrected chi connectivity index (χ1v) is 8.23. The lowest BCUT2D eigenvalue weighted by Gasteiger charge is -2.08. The highest BCUT2D eigenvalue weighted by Gasteiger charge is 2.18. The molecular formula is C16H19ClFN3OS. The van der Waals surface area contributed by atoms with E-state index in [1.165, 1.54) is 23.5 Å². The quantitative estimate of drug-likeness (QED) is 0.864. The van der Waals surface area contributed by atoms with Crippen LogP contribution in [0.15, 0.2) is 30.5 Å². The number of nitrogens with zero attached hydrogens (tertiary/aromatic N) is 1. The first kappa shape index (κ1) is 17.8. The fourth-order valence-electron chi connectivity index (χ4n) is 2.62. The zero-order valence-corrected chi connectivity index (χ0v) is 14.2. The summed E-state index contributed by atoms with van der Waals surface area (Å²) in [5.41, 5.74) is 0.900. The van der Waals surface area contributed by atoms with E-state index in [2.05, 4.69) is 15.6 Å². The van der Waals surface area contributed by atoms with Crippen molar-refractivity contribution in [3.05, 3.63) is 46.7 Å². The maximum absolute atomic E-state index is 13.2. The second kappa shape index (κ2) is 8.38. The molecule has 1 aromatic heterocycles. The summed E-state index contributed by atoms with van der Waals surface area (Å²) in [6.07, 6.45) is 5.02. The third-order valence-electron chi connectivity index (χ3n) is 3.66. The average molecular weight is 356 g/mol. The van der Waals surface area contributed by atoms with Gasteiger partial charge in [0, 0.05) is 30.0 Å². The highest BCUT2D eigenvalue weighted by Crippen LogP contribution is 2.22. The van der Waals surface area contributed by atoms with Gasteiger partial charge in [0.15, 0.2) is 5.13 Å². The zero-order chi connectivity index (χ0) is 15.4. The Labute approximate surface area is 144 Å². The van der Waals surface area contributed by atoms with Crippen LogP contribution in [0, 0.1) is 5.82 Å². The normalized spacial score (nSPS) is 16.8. The molecule has 4 nitrogen and oxygen atoms in total. The number of hydrogen-bond acceptors (Lipinski definition) is 4. The van der Waals surface area contributed by atoms with E-state index in [1.807, 2.05) is 6.07 Å². The number of carbonyl (C=O) groups is 1. The van der Waals surface area contributed by atoms with Gasteiger partial charge in [0.2, 0.25) is 5.91 Å². The molecule has 7 heteroatoms. The van der Waals surface area contributed by atoms with Crippen LogP contribution >= 0.6 is 23.7 Å². The molecule has 1 atom stereocenters. The minimum Gasteiger partial charge on any atom is -0.313 e. The van der Waals surface area contributed by atoms with Crippen molar-refractivity contribution in [1.29, 1.82) is 0 Å². The second-order valence-electron chi connectivity index (χ2n) is 5.48. The summed E-state index contributed by atoms with van der Waals surface area (Å²) >= 11 is 1.43. The topological polar surface area (TPSA) is 54.0 Å². The maximum Gasteiger partial charge on any atom is 0.227 e. The Kier molecular flexibility index (Phi) is 6.50. The molecule has 124 valence electrons. The van der Waals surface area contributed by atoms with Gasteiger partial charge >= 0.3 is 0 Å². The van der Waals surface area contributed by atoms with Crippen molar-refractivity contribution < 1.29 is 9.18 Å². The smallest absolute Gasteiger partial charge is 0.227 e. The van der Waals surface area contributed by atoms with Crippen molar-refractivity contribution in [1.82, 2.24) is 10.3 Å². The van der Waals surface area contributed by atoms with Crippen molar-refractivity contribution in [3.63, 3.8) is 0 Å². The molecule has 2 aromatic rings. The van der Waals surface area contributed by atoms with Crippen molar-refractivity contribution >= 4 is 34.8 Å². The zero-order valence-electron chi connectivity index (χ0n) is 12.5. The molecule has 2 heterocycles. The third kappa shape index (κ3) is 5.27. The van der Waals surface area contributed by atoms with Crippen molar-refractivity contribution in [2.75, 3.05) is 11.9 Å². The first-order chi connectivity index (χ1) is 10.7. The van der Waals surface area contributed by atoms with Gasteiger partial charge in [-0.05, 0) is 37.1 Å². The van der Waals surface area contributed by atoms with Gasteiger partial charge in [-0.1, -0.05) is 12.1 Å². The molecule has 2 N–H and O–H groups in total. The number of anilines is 1. The van der Waals surface area contributed by atoms with Crippen LogP contribution in [0.4, 0.5) is 9.52 Å². The van der Waals surface area contributed by atoms with Gasteiger partial charge in [0.25, 0.3) is 0 Å². The molecule has 1 aliphatic rings. The summed E-state index contributed by atoms with van der Waals surface area (Å²) in [6.45, 7) is 0.993. The SMILES string of the molecule is Cl.O=C(CC1CCCN1)Nc1ncc(Cc2cccc(F)c2)s1. The van der Waals surface area contributed by atoms with Gasteiger partial charge in [-0.25, -0.2) is 9.37 Å². The van der Waals surface area contributed by atoms with Gasteiger partial charge in [-0.3, -0.25) is 4.79 Å². The second-order valence-corrected chi connectivity index (χ2v) is 6.60. The van der Waals surface area contributed by atoms with Crippen LogP contribution in [-0.4, -0.2) is 23.5 Å². The summed E-state index contributed by atoms with van der Waals surface area (Å²) in [6, 6.07) is 6.81. The van der Waals surface area contributed by atoms with E-state index < -0.39 is 0 Å². The monoisotopic (exact) mass is 355 g/mol. The van der Waals surface area contributed by atoms with E-state index in [1.54, 1.807) is 12.3 Å². The average Bonchev–Trinajstić information content (AvgIpc) is 3.11. The molecule has 1 unspecified atom stereocenters. The Morgan fingerprint density at radius 2 is 2.35 bits per heavy atom. The Morgan fingerprint density at radius 3 is 3.09 bits per heavy atom. The predicted molar refractivity (Wildman–Crippen MR) is 92.8 cm³/mol. The van der Waals surface area contributed by atoms with Crippen LogP contribution in [-0.2, 0) is 11.2 Å². The fourth-order valence-corrected chi connectivity index (χ4v) is 3.48. The summed E-state index contributed by atoms with van der Waals surface area (Å²) in [7, 11) is 0. The Morgan fingerprint density at radius 1 is 1.48 bits per heavy atom.